The van der Waals surface area contributed by atoms with Crippen LogP contribution in [-0.2, 0) is 0 Å². The molecule has 2 heterocycles. The standard InChI is InChI=1S/C17H17N5O/c1-22(2)15-11-13(7-8-18-15)17(23)21-14-5-3-12(4-6-14)16-19-9-10-20-16/h3-11H,1-2H3,(H,19,20)(H,21,23). The highest BCUT2D eigenvalue weighted by Gasteiger charge is 2.09. The van der Waals surface area contributed by atoms with Gasteiger partial charge < -0.3 is 15.2 Å². The SMILES string of the molecule is CN(C)c1cc(C(=O)Nc2ccc(-c3ncc[nH]3)cc2)ccn1. The molecule has 0 fully saturated rings. The van der Waals surface area contributed by atoms with Gasteiger partial charge in [-0.25, -0.2) is 9.97 Å². The summed E-state index contributed by atoms with van der Waals surface area (Å²) < 4.78 is 0. The molecule has 1 aromatic carbocycles. The molecule has 0 saturated heterocycles. The van der Waals surface area contributed by atoms with Crippen LogP contribution in [0.1, 0.15) is 10.4 Å². The predicted molar refractivity (Wildman–Crippen MR) is 90.5 cm³/mol. The Morgan fingerprint density at radius 3 is 2.52 bits per heavy atom. The third kappa shape index (κ3) is 3.37. The number of aromatic amines is 1. The number of nitrogens with one attached hydrogen (secondary N) is 2. The second-order valence-corrected chi connectivity index (χ2v) is 5.27. The Kier molecular flexibility index (Phi) is 4.05. The van der Waals surface area contributed by atoms with E-state index >= 15 is 0 Å². The average Bonchev–Trinajstić information content (AvgIpc) is 3.10. The molecule has 0 unspecified atom stereocenters. The third-order valence-corrected chi connectivity index (χ3v) is 3.38. The Bertz CT molecular complexity index is 794. The monoisotopic (exact) mass is 307 g/mol. The van der Waals surface area contributed by atoms with E-state index in [4.69, 9.17) is 0 Å². The lowest BCUT2D eigenvalue weighted by Crippen LogP contribution is -2.15. The van der Waals surface area contributed by atoms with Gasteiger partial charge >= 0.3 is 0 Å². The van der Waals surface area contributed by atoms with Crippen LogP contribution in [0.3, 0.4) is 0 Å². The number of pyridine rings is 1. The lowest BCUT2D eigenvalue weighted by atomic mass is 10.2. The number of aromatic nitrogens is 3. The van der Waals surface area contributed by atoms with Gasteiger partial charge in [-0.3, -0.25) is 4.79 Å². The van der Waals surface area contributed by atoms with Crippen LogP contribution in [0.15, 0.2) is 55.0 Å². The van der Waals surface area contributed by atoms with Crippen molar-refractivity contribution in [2.45, 2.75) is 0 Å². The van der Waals surface area contributed by atoms with Crippen molar-refractivity contribution in [2.75, 3.05) is 24.3 Å². The van der Waals surface area contributed by atoms with Gasteiger partial charge in [0.05, 0.1) is 0 Å². The van der Waals surface area contributed by atoms with E-state index in [0.29, 0.717) is 5.56 Å². The molecule has 23 heavy (non-hydrogen) atoms. The maximum atomic E-state index is 12.3. The van der Waals surface area contributed by atoms with Crippen molar-refractivity contribution in [1.82, 2.24) is 15.0 Å². The molecule has 6 heteroatoms. The summed E-state index contributed by atoms with van der Waals surface area (Å²) in [5.74, 6) is 1.37. The fraction of sp³-hybridized carbons (Fsp3) is 0.118. The van der Waals surface area contributed by atoms with E-state index in [2.05, 4.69) is 20.3 Å². The minimum absolute atomic E-state index is 0.166. The molecular formula is C17H17N5O. The molecule has 0 aliphatic rings. The van der Waals surface area contributed by atoms with Gasteiger partial charge in [-0.15, -0.1) is 0 Å². The Labute approximate surface area is 134 Å². The first kappa shape index (κ1) is 14.8. The highest BCUT2D eigenvalue weighted by atomic mass is 16.1. The average molecular weight is 307 g/mol. The lowest BCUT2D eigenvalue weighted by Gasteiger charge is -2.12. The molecular weight excluding hydrogens is 290 g/mol. The quantitative estimate of drug-likeness (QED) is 0.777. The van der Waals surface area contributed by atoms with Gasteiger partial charge in [-0.1, -0.05) is 0 Å². The number of anilines is 2. The van der Waals surface area contributed by atoms with Crippen molar-refractivity contribution in [3.05, 3.63) is 60.6 Å². The summed E-state index contributed by atoms with van der Waals surface area (Å²) in [4.78, 5) is 25.6. The number of hydrogen-bond acceptors (Lipinski definition) is 4. The number of carbonyl (C=O) groups is 1. The van der Waals surface area contributed by atoms with E-state index in [-0.39, 0.29) is 5.91 Å². The number of benzene rings is 1. The van der Waals surface area contributed by atoms with Crippen LogP contribution in [-0.4, -0.2) is 35.0 Å². The first-order chi connectivity index (χ1) is 11.1. The topological polar surface area (TPSA) is 73.9 Å². The molecule has 0 bridgehead atoms. The zero-order chi connectivity index (χ0) is 16.2. The van der Waals surface area contributed by atoms with Crippen LogP contribution < -0.4 is 10.2 Å². The molecule has 3 aromatic rings. The fourth-order valence-electron chi connectivity index (χ4n) is 2.14. The number of nitrogens with zero attached hydrogens (tertiary/aromatic N) is 3. The highest BCUT2D eigenvalue weighted by Crippen LogP contribution is 2.18. The van der Waals surface area contributed by atoms with Gasteiger partial charge in [-0.2, -0.15) is 0 Å². The lowest BCUT2D eigenvalue weighted by molar-refractivity contribution is 0.102. The Hall–Kier alpha value is -3.15. The van der Waals surface area contributed by atoms with Crippen molar-refractivity contribution in [3.63, 3.8) is 0 Å². The minimum atomic E-state index is -0.166. The van der Waals surface area contributed by atoms with E-state index in [9.17, 15) is 4.79 Å². The van der Waals surface area contributed by atoms with Crippen LogP contribution in [0.5, 0.6) is 0 Å². The highest BCUT2D eigenvalue weighted by molar-refractivity contribution is 6.04. The summed E-state index contributed by atoms with van der Waals surface area (Å²) in [6.45, 7) is 0. The summed E-state index contributed by atoms with van der Waals surface area (Å²) in [6.07, 6.45) is 5.11. The van der Waals surface area contributed by atoms with Crippen molar-refractivity contribution in [3.8, 4) is 11.4 Å². The molecule has 0 radical (unpaired) electrons. The molecule has 0 aliphatic carbocycles. The number of H-pyrrole nitrogens is 1. The van der Waals surface area contributed by atoms with Crippen LogP contribution in [0.4, 0.5) is 11.5 Å². The van der Waals surface area contributed by atoms with E-state index in [1.165, 1.54) is 0 Å². The smallest absolute Gasteiger partial charge is 0.255 e. The summed E-state index contributed by atoms with van der Waals surface area (Å²) in [7, 11) is 3.77. The van der Waals surface area contributed by atoms with E-state index in [1.807, 2.05) is 43.3 Å². The number of amides is 1. The maximum Gasteiger partial charge on any atom is 0.255 e. The molecule has 0 aliphatic heterocycles. The molecule has 2 N–H and O–H groups in total. The number of carbonyl (C=O) groups excluding carboxylic acids is 1. The van der Waals surface area contributed by atoms with Gasteiger partial charge in [0.25, 0.3) is 5.91 Å². The molecule has 116 valence electrons. The minimum Gasteiger partial charge on any atom is -0.363 e. The summed E-state index contributed by atoms with van der Waals surface area (Å²) in [5, 5.41) is 2.88. The Balaban J connectivity index is 1.74. The third-order valence-electron chi connectivity index (χ3n) is 3.38. The Morgan fingerprint density at radius 1 is 1.09 bits per heavy atom. The van der Waals surface area contributed by atoms with Crippen LogP contribution in [0.2, 0.25) is 0 Å². The van der Waals surface area contributed by atoms with Gasteiger partial charge in [0.15, 0.2) is 0 Å². The largest absolute Gasteiger partial charge is 0.363 e. The van der Waals surface area contributed by atoms with Crippen LogP contribution in [0.25, 0.3) is 11.4 Å². The number of rotatable bonds is 4. The fourth-order valence-corrected chi connectivity index (χ4v) is 2.14. The van der Waals surface area contributed by atoms with Gasteiger partial charge in [0, 0.05) is 49.5 Å². The molecule has 2 aromatic heterocycles. The molecule has 1 amide bonds. The van der Waals surface area contributed by atoms with E-state index < -0.39 is 0 Å². The van der Waals surface area contributed by atoms with Crippen molar-refractivity contribution >= 4 is 17.4 Å². The number of hydrogen-bond donors (Lipinski definition) is 2. The molecule has 0 spiro atoms. The second kappa shape index (κ2) is 6.31. The number of imidazole rings is 1. The first-order valence-corrected chi connectivity index (χ1v) is 7.18. The van der Waals surface area contributed by atoms with E-state index in [1.54, 1.807) is 30.7 Å². The van der Waals surface area contributed by atoms with Gasteiger partial charge in [0.1, 0.15) is 11.6 Å². The molecule has 0 atom stereocenters. The predicted octanol–water partition coefficient (Wildman–Crippen LogP) is 2.79. The van der Waals surface area contributed by atoms with Crippen molar-refractivity contribution < 1.29 is 4.79 Å². The van der Waals surface area contributed by atoms with Crippen molar-refractivity contribution in [2.24, 2.45) is 0 Å². The Morgan fingerprint density at radius 2 is 1.87 bits per heavy atom. The van der Waals surface area contributed by atoms with Gasteiger partial charge in [-0.05, 0) is 36.4 Å². The summed E-state index contributed by atoms with van der Waals surface area (Å²) in [6, 6.07) is 11.0. The molecule has 0 saturated carbocycles. The summed E-state index contributed by atoms with van der Waals surface area (Å²) in [5.41, 5.74) is 2.26. The molecule has 6 nitrogen and oxygen atoms in total. The van der Waals surface area contributed by atoms with Crippen molar-refractivity contribution in [1.29, 1.82) is 0 Å². The normalized spacial score (nSPS) is 10.3. The van der Waals surface area contributed by atoms with Crippen LogP contribution in [0, 0.1) is 0 Å². The maximum absolute atomic E-state index is 12.3. The molecule has 3 rings (SSSR count). The van der Waals surface area contributed by atoms with Gasteiger partial charge in [0.2, 0.25) is 0 Å². The van der Waals surface area contributed by atoms with Crippen LogP contribution >= 0.6 is 0 Å². The zero-order valence-electron chi connectivity index (χ0n) is 12.9. The van der Waals surface area contributed by atoms with E-state index in [0.717, 1.165) is 22.9 Å². The summed E-state index contributed by atoms with van der Waals surface area (Å²) >= 11 is 0. The second-order valence-electron chi connectivity index (χ2n) is 5.27. The first-order valence-electron chi connectivity index (χ1n) is 7.18. The zero-order valence-corrected chi connectivity index (χ0v) is 12.9.